The molecule has 1 aromatic carbocycles. The van der Waals surface area contributed by atoms with E-state index in [0.717, 1.165) is 51.9 Å². The van der Waals surface area contributed by atoms with E-state index < -0.39 is 0 Å². The molecule has 9 heteroatoms. The zero-order valence-corrected chi connectivity index (χ0v) is 18.6. The maximum atomic E-state index is 12.4. The highest BCUT2D eigenvalue weighted by Crippen LogP contribution is 2.26. The van der Waals surface area contributed by atoms with Crippen LogP contribution in [0.1, 0.15) is 38.5 Å². The minimum absolute atomic E-state index is 0.282. The first kappa shape index (κ1) is 21.9. The van der Waals surface area contributed by atoms with E-state index in [4.69, 9.17) is 36.0 Å². The largest absolute Gasteiger partial charge is 0.358 e. The molecule has 2 aliphatic heterocycles. The van der Waals surface area contributed by atoms with Crippen LogP contribution in [0.3, 0.4) is 0 Å². The Morgan fingerprint density at radius 2 is 1.28 bits per heavy atom. The molecule has 0 radical (unpaired) electrons. The lowest BCUT2D eigenvalue weighted by Gasteiger charge is -2.28. The summed E-state index contributed by atoms with van der Waals surface area (Å²) in [4.78, 5) is 29.3. The van der Waals surface area contributed by atoms with Gasteiger partial charge in [0.05, 0.1) is 10.7 Å². The second-order valence-electron chi connectivity index (χ2n) is 7.31. The van der Waals surface area contributed by atoms with Gasteiger partial charge in [0.15, 0.2) is 9.98 Å². The van der Waals surface area contributed by atoms with Crippen molar-refractivity contribution in [2.75, 3.05) is 36.8 Å². The molecule has 0 saturated carbocycles. The fraction of sp³-hybridized carbons (Fsp3) is 0.500. The summed E-state index contributed by atoms with van der Waals surface area (Å²) in [5.41, 5.74) is 0.976. The summed E-state index contributed by atoms with van der Waals surface area (Å²) in [5, 5.41) is 5.86. The normalized spacial score (nSPS) is 16.9. The van der Waals surface area contributed by atoms with Gasteiger partial charge in [0.1, 0.15) is 0 Å². The Morgan fingerprint density at radius 3 is 1.76 bits per heavy atom. The molecule has 1 aromatic rings. The highest BCUT2D eigenvalue weighted by Gasteiger charge is 2.21. The molecule has 156 valence electrons. The van der Waals surface area contributed by atoms with Gasteiger partial charge in [0, 0.05) is 31.9 Å². The van der Waals surface area contributed by atoms with Crippen molar-refractivity contribution in [3.05, 3.63) is 23.2 Å². The quantitative estimate of drug-likeness (QED) is 0.664. The molecule has 2 heterocycles. The van der Waals surface area contributed by atoms with E-state index in [9.17, 15) is 9.59 Å². The van der Waals surface area contributed by atoms with E-state index in [1.54, 1.807) is 18.2 Å². The molecule has 2 aliphatic rings. The van der Waals surface area contributed by atoms with Crippen LogP contribution in [-0.4, -0.2) is 57.8 Å². The first-order valence-corrected chi connectivity index (χ1v) is 11.2. The van der Waals surface area contributed by atoms with Gasteiger partial charge >= 0.3 is 0 Å². The van der Waals surface area contributed by atoms with Crippen molar-refractivity contribution < 1.29 is 9.59 Å². The van der Waals surface area contributed by atoms with Crippen molar-refractivity contribution >= 4 is 69.2 Å². The number of anilines is 2. The van der Waals surface area contributed by atoms with Crippen LogP contribution in [0.5, 0.6) is 0 Å². The fourth-order valence-corrected chi connectivity index (χ4v) is 4.23. The van der Waals surface area contributed by atoms with Crippen molar-refractivity contribution in [1.29, 1.82) is 0 Å². The average molecular weight is 453 g/mol. The third-order valence-corrected chi connectivity index (χ3v) is 6.35. The minimum Gasteiger partial charge on any atom is -0.358 e. The van der Waals surface area contributed by atoms with Gasteiger partial charge in [-0.3, -0.25) is 9.59 Å². The molecule has 2 saturated heterocycles. The molecule has 2 N–H and O–H groups in total. The van der Waals surface area contributed by atoms with Crippen LogP contribution in [0.15, 0.2) is 18.2 Å². The Balaban J connectivity index is 1.57. The Hall–Kier alpha value is -1.77. The molecule has 0 aromatic heterocycles. The van der Waals surface area contributed by atoms with Crippen LogP contribution in [0.4, 0.5) is 11.4 Å². The van der Waals surface area contributed by atoms with Crippen LogP contribution < -0.4 is 10.6 Å². The van der Waals surface area contributed by atoms with Gasteiger partial charge in [-0.05, 0) is 56.7 Å². The molecule has 0 unspecified atom stereocenters. The summed E-state index contributed by atoms with van der Waals surface area (Å²) >= 11 is 16.9. The summed E-state index contributed by atoms with van der Waals surface area (Å²) in [6.07, 6.45) is 6.52. The van der Waals surface area contributed by atoms with Crippen molar-refractivity contribution in [2.45, 2.75) is 38.5 Å². The zero-order chi connectivity index (χ0) is 20.8. The first-order valence-electron chi connectivity index (χ1n) is 9.96. The van der Waals surface area contributed by atoms with Gasteiger partial charge in [-0.25, -0.2) is 0 Å². The number of amides is 2. The molecule has 0 bridgehead atoms. The Bertz CT molecular complexity index is 806. The topological polar surface area (TPSA) is 64.7 Å². The number of carbonyl (C=O) groups excluding carboxylic acids is 2. The third-order valence-electron chi connectivity index (χ3n) is 5.15. The second kappa shape index (κ2) is 10.3. The van der Waals surface area contributed by atoms with Crippen LogP contribution in [0, 0.1) is 0 Å². The predicted molar refractivity (Wildman–Crippen MR) is 125 cm³/mol. The lowest BCUT2D eigenvalue weighted by atomic mass is 10.1. The number of rotatable bonds is 2. The molecule has 6 nitrogen and oxygen atoms in total. The average Bonchev–Trinajstić information content (AvgIpc) is 2.75. The highest BCUT2D eigenvalue weighted by atomic mass is 35.5. The van der Waals surface area contributed by atoms with Gasteiger partial charge in [-0.1, -0.05) is 36.0 Å². The molecular weight excluding hydrogens is 428 g/mol. The molecule has 2 amide bonds. The fourth-order valence-electron chi connectivity index (χ4n) is 3.54. The van der Waals surface area contributed by atoms with Crippen molar-refractivity contribution in [1.82, 2.24) is 9.80 Å². The molecule has 2 fully saturated rings. The number of benzene rings is 1. The van der Waals surface area contributed by atoms with Crippen LogP contribution >= 0.6 is 36.0 Å². The number of nitrogens with zero attached hydrogens (tertiary/aromatic N) is 2. The van der Waals surface area contributed by atoms with Gasteiger partial charge < -0.3 is 20.4 Å². The van der Waals surface area contributed by atoms with Crippen molar-refractivity contribution in [2.24, 2.45) is 0 Å². The summed E-state index contributed by atoms with van der Waals surface area (Å²) in [6, 6.07) is 4.93. The summed E-state index contributed by atoms with van der Waals surface area (Å²) < 4.78 is 0. The number of likely N-dealkylation sites (tertiary alicyclic amines) is 2. The number of hydrogen-bond donors (Lipinski definition) is 2. The van der Waals surface area contributed by atoms with Crippen molar-refractivity contribution in [3.8, 4) is 0 Å². The number of carbonyl (C=O) groups is 2. The smallest absolute Gasteiger partial charge is 0.283 e. The maximum Gasteiger partial charge on any atom is 0.283 e. The number of thiocarbonyl (C=S) groups is 2. The standard InChI is InChI=1S/C20H25ClN4O2S2/c21-15-13-14(22-17(26)19(28)24-9-3-1-4-10-24)7-8-16(15)23-18(27)20(29)25-11-5-2-6-12-25/h7-8,13H,1-6,9-12H2,(H,22,26)(H,23,27). The van der Waals surface area contributed by atoms with E-state index in [-0.39, 0.29) is 16.8 Å². The Kier molecular flexibility index (Phi) is 7.80. The SMILES string of the molecule is O=C(Nc1ccc(NC(=O)C(=S)N2CCCCC2)c(Cl)c1)C(=S)N1CCCCC1. The summed E-state index contributed by atoms with van der Waals surface area (Å²) in [6.45, 7) is 3.24. The monoisotopic (exact) mass is 452 g/mol. The van der Waals surface area contributed by atoms with Gasteiger partial charge in [-0.2, -0.15) is 0 Å². The number of piperidine rings is 2. The lowest BCUT2D eigenvalue weighted by Crippen LogP contribution is -2.41. The molecule has 3 rings (SSSR count). The van der Waals surface area contributed by atoms with Gasteiger partial charge in [0.25, 0.3) is 11.8 Å². The van der Waals surface area contributed by atoms with Crippen LogP contribution in [0.25, 0.3) is 0 Å². The summed E-state index contributed by atoms with van der Waals surface area (Å²) in [7, 11) is 0. The maximum absolute atomic E-state index is 12.4. The number of nitrogens with one attached hydrogen (secondary N) is 2. The third kappa shape index (κ3) is 5.87. The molecule has 0 aliphatic carbocycles. The van der Waals surface area contributed by atoms with Crippen molar-refractivity contribution in [3.63, 3.8) is 0 Å². The van der Waals surface area contributed by atoms with E-state index >= 15 is 0 Å². The molecule has 0 spiro atoms. The highest BCUT2D eigenvalue weighted by molar-refractivity contribution is 7.82. The Labute approximate surface area is 186 Å². The Morgan fingerprint density at radius 1 is 0.793 bits per heavy atom. The second-order valence-corrected chi connectivity index (χ2v) is 8.49. The summed E-state index contributed by atoms with van der Waals surface area (Å²) in [5.74, 6) is -0.659. The van der Waals surface area contributed by atoms with Gasteiger partial charge in [-0.15, -0.1) is 0 Å². The molecule has 29 heavy (non-hydrogen) atoms. The van der Waals surface area contributed by atoms with E-state index in [1.807, 2.05) is 9.80 Å². The van der Waals surface area contributed by atoms with Crippen LogP contribution in [-0.2, 0) is 9.59 Å². The zero-order valence-electron chi connectivity index (χ0n) is 16.2. The minimum atomic E-state index is -0.341. The van der Waals surface area contributed by atoms with E-state index in [2.05, 4.69) is 10.6 Å². The first-order chi connectivity index (χ1) is 14.0. The van der Waals surface area contributed by atoms with Gasteiger partial charge in [0.2, 0.25) is 0 Å². The van der Waals surface area contributed by atoms with Crippen LogP contribution in [0.2, 0.25) is 5.02 Å². The predicted octanol–water partition coefficient (Wildman–Crippen LogP) is 3.84. The van der Waals surface area contributed by atoms with E-state index in [0.29, 0.717) is 21.4 Å². The number of hydrogen-bond acceptors (Lipinski definition) is 4. The lowest BCUT2D eigenvalue weighted by molar-refractivity contribution is -0.111. The van der Waals surface area contributed by atoms with E-state index in [1.165, 1.54) is 12.8 Å². The molecule has 0 atom stereocenters. The molecular formula is C20H25ClN4O2S2. The number of halogens is 1.